The number of para-hydroxylation sites is 1. The zero-order valence-electron chi connectivity index (χ0n) is 24.3. The van der Waals surface area contributed by atoms with Crippen molar-refractivity contribution in [2.75, 3.05) is 52.3 Å². The Balaban J connectivity index is 1.74. The summed E-state index contributed by atoms with van der Waals surface area (Å²) in [5.41, 5.74) is 1.02. The summed E-state index contributed by atoms with van der Waals surface area (Å²) in [6.07, 6.45) is 0. The van der Waals surface area contributed by atoms with E-state index in [-0.39, 0.29) is 5.84 Å². The van der Waals surface area contributed by atoms with Crippen molar-refractivity contribution < 1.29 is 23.6 Å². The molecule has 0 radical (unpaired) electrons. The standard InChI is InChI=1S/C21H25N3O2S/c25-14-16-26-15-13-23-9-11-24(12-10-23)21-17-5-1-3-7-19(17)27-20-8-4-2-6-18(20)22-21/h1-8,25H,9-16H2/i11D2,12D2,13D2,14D2,15D2. The normalized spacial score (nSPS) is 27.9. The molecule has 4 rings (SSSR count). The number of amidine groups is 1. The van der Waals surface area contributed by atoms with Gasteiger partial charge in [0.2, 0.25) is 0 Å². The van der Waals surface area contributed by atoms with Gasteiger partial charge in [0.05, 0.1) is 36.4 Å². The van der Waals surface area contributed by atoms with Crippen LogP contribution in [0.3, 0.4) is 0 Å². The maximum absolute atomic E-state index is 9.24. The fourth-order valence-electron chi connectivity index (χ4n) is 2.66. The van der Waals surface area contributed by atoms with Crippen molar-refractivity contribution in [1.29, 1.82) is 0 Å². The van der Waals surface area contributed by atoms with Gasteiger partial charge in [0.25, 0.3) is 0 Å². The minimum atomic E-state index is -3.21. The highest BCUT2D eigenvalue weighted by Gasteiger charge is 2.24. The first-order valence-electron chi connectivity index (χ1n) is 13.3. The first-order chi connectivity index (χ1) is 16.9. The maximum Gasteiger partial charge on any atom is 0.137 e. The molecule has 0 aromatic heterocycles. The monoisotopic (exact) mass is 393 g/mol. The number of hydrogen-bond donors (Lipinski definition) is 1. The quantitative estimate of drug-likeness (QED) is 0.846. The lowest BCUT2D eigenvalue weighted by atomic mass is 10.1. The van der Waals surface area contributed by atoms with E-state index in [9.17, 15) is 5.11 Å². The summed E-state index contributed by atoms with van der Waals surface area (Å²) in [6.45, 7) is -17.0. The van der Waals surface area contributed by atoms with Crippen LogP contribution in [0.2, 0.25) is 0 Å². The second-order valence-corrected chi connectivity index (χ2v) is 6.75. The van der Waals surface area contributed by atoms with E-state index in [1.165, 1.54) is 11.8 Å². The molecule has 27 heavy (non-hydrogen) atoms. The molecular weight excluding hydrogens is 358 g/mol. The molecular formula is C21H25N3O2S. The second kappa shape index (κ2) is 8.89. The highest BCUT2D eigenvalue weighted by molar-refractivity contribution is 7.99. The van der Waals surface area contributed by atoms with Gasteiger partial charge in [-0.3, -0.25) is 4.90 Å². The Morgan fingerprint density at radius 1 is 1.11 bits per heavy atom. The highest BCUT2D eigenvalue weighted by atomic mass is 32.2. The Morgan fingerprint density at radius 2 is 1.85 bits per heavy atom. The molecule has 0 amide bonds. The van der Waals surface area contributed by atoms with Crippen molar-refractivity contribution in [2.45, 2.75) is 9.79 Å². The lowest BCUT2D eigenvalue weighted by molar-refractivity contribution is 0.0652. The van der Waals surface area contributed by atoms with Gasteiger partial charge in [0, 0.05) is 50.7 Å². The van der Waals surface area contributed by atoms with Crippen LogP contribution >= 0.6 is 11.8 Å². The highest BCUT2D eigenvalue weighted by Crippen LogP contribution is 2.40. The number of aliphatic imine (C=N–C) groups is 1. The molecule has 0 aliphatic carbocycles. The topological polar surface area (TPSA) is 48.3 Å². The Morgan fingerprint density at radius 3 is 2.67 bits per heavy atom. The largest absolute Gasteiger partial charge is 0.394 e. The number of piperazine rings is 1. The third-order valence-electron chi connectivity index (χ3n) is 3.90. The molecule has 5 nitrogen and oxygen atoms in total. The number of ether oxygens (including phenoxy) is 1. The summed E-state index contributed by atoms with van der Waals surface area (Å²) in [5.74, 6) is 0.0241. The van der Waals surface area contributed by atoms with E-state index in [1.807, 2.05) is 24.3 Å². The zero-order chi connectivity index (χ0) is 27.4. The van der Waals surface area contributed by atoms with Gasteiger partial charge in [-0.2, -0.15) is 0 Å². The van der Waals surface area contributed by atoms with E-state index in [4.69, 9.17) is 18.4 Å². The first kappa shape index (κ1) is 10.1. The number of nitrogens with zero attached hydrogens (tertiary/aromatic N) is 3. The van der Waals surface area contributed by atoms with Gasteiger partial charge >= 0.3 is 0 Å². The predicted octanol–water partition coefficient (Wildman–Crippen LogP) is 2.86. The van der Waals surface area contributed by atoms with E-state index in [0.717, 1.165) is 14.7 Å². The molecule has 1 fully saturated rings. The fourth-order valence-corrected chi connectivity index (χ4v) is 3.68. The predicted molar refractivity (Wildman–Crippen MR) is 109 cm³/mol. The van der Waals surface area contributed by atoms with Crippen LogP contribution in [0, 0.1) is 0 Å². The molecule has 0 atom stereocenters. The Labute approximate surface area is 178 Å². The zero-order valence-corrected chi connectivity index (χ0v) is 15.2. The van der Waals surface area contributed by atoms with Crippen molar-refractivity contribution in [1.82, 2.24) is 9.80 Å². The maximum atomic E-state index is 9.24. The van der Waals surface area contributed by atoms with Crippen molar-refractivity contribution in [3.05, 3.63) is 54.1 Å². The summed E-state index contributed by atoms with van der Waals surface area (Å²) < 4.78 is 86.8. The Bertz CT molecular complexity index is 1190. The van der Waals surface area contributed by atoms with Crippen molar-refractivity contribution >= 4 is 23.3 Å². The van der Waals surface area contributed by atoms with Crippen LogP contribution in [-0.2, 0) is 4.74 Å². The number of rotatable bonds is 5. The molecule has 2 aliphatic rings. The molecule has 1 N–H and O–H groups in total. The summed E-state index contributed by atoms with van der Waals surface area (Å²) in [7, 11) is 0. The van der Waals surface area contributed by atoms with Gasteiger partial charge in [-0.15, -0.1) is 0 Å². The van der Waals surface area contributed by atoms with E-state index < -0.39 is 52.3 Å². The average Bonchev–Trinajstić information content (AvgIpc) is 2.92. The molecule has 0 bridgehead atoms. The van der Waals surface area contributed by atoms with Crippen LogP contribution in [0.1, 0.15) is 19.3 Å². The van der Waals surface area contributed by atoms with E-state index in [0.29, 0.717) is 16.2 Å². The molecule has 2 aromatic rings. The number of fused-ring (bicyclic) bond motifs is 2. The van der Waals surface area contributed by atoms with E-state index in [1.54, 1.807) is 24.3 Å². The van der Waals surface area contributed by atoms with Crippen molar-refractivity contribution in [2.24, 2.45) is 4.99 Å². The minimum Gasteiger partial charge on any atom is -0.394 e. The Kier molecular flexibility index (Phi) is 3.31. The fraction of sp³-hybridized carbons (Fsp3) is 0.381. The van der Waals surface area contributed by atoms with Gasteiger partial charge in [0.1, 0.15) is 5.84 Å². The molecule has 0 saturated carbocycles. The molecule has 0 unspecified atom stereocenters. The van der Waals surface area contributed by atoms with Crippen LogP contribution in [0.5, 0.6) is 0 Å². The van der Waals surface area contributed by atoms with E-state index in [2.05, 4.69) is 4.99 Å². The van der Waals surface area contributed by atoms with Crippen molar-refractivity contribution in [3.8, 4) is 0 Å². The first-order valence-corrected chi connectivity index (χ1v) is 9.13. The van der Waals surface area contributed by atoms with Crippen LogP contribution < -0.4 is 0 Å². The Hall–Kier alpha value is -1.86. The van der Waals surface area contributed by atoms with Crippen LogP contribution in [-0.4, -0.2) is 73.0 Å². The van der Waals surface area contributed by atoms with Crippen LogP contribution in [0.4, 0.5) is 5.69 Å². The molecule has 1 saturated heterocycles. The van der Waals surface area contributed by atoms with Crippen molar-refractivity contribution in [3.63, 3.8) is 0 Å². The van der Waals surface area contributed by atoms with Crippen LogP contribution in [0.15, 0.2) is 63.3 Å². The van der Waals surface area contributed by atoms with Gasteiger partial charge in [-0.1, -0.05) is 42.1 Å². The second-order valence-electron chi connectivity index (χ2n) is 5.67. The van der Waals surface area contributed by atoms with Gasteiger partial charge in [0.15, 0.2) is 0 Å². The molecule has 2 heterocycles. The number of hydrogen-bond acceptors (Lipinski definition) is 6. The lowest BCUT2D eigenvalue weighted by Crippen LogP contribution is -2.49. The third kappa shape index (κ3) is 4.35. The lowest BCUT2D eigenvalue weighted by Gasteiger charge is -2.36. The summed E-state index contributed by atoms with van der Waals surface area (Å²) in [5, 5.41) is 9.24. The summed E-state index contributed by atoms with van der Waals surface area (Å²) >= 11 is 1.41. The summed E-state index contributed by atoms with van der Waals surface area (Å²) in [6, 6.07) is 14.3. The van der Waals surface area contributed by atoms with E-state index >= 15 is 0 Å². The number of aliphatic hydroxyl groups is 1. The van der Waals surface area contributed by atoms with Gasteiger partial charge in [-0.05, 0) is 18.2 Å². The average molecular weight is 394 g/mol. The third-order valence-corrected chi connectivity index (χ3v) is 5.04. The number of benzene rings is 2. The smallest absolute Gasteiger partial charge is 0.137 e. The van der Waals surface area contributed by atoms with Gasteiger partial charge < -0.3 is 14.7 Å². The molecule has 6 heteroatoms. The SMILES string of the molecule is [2H]C([2H])(O)COC([2H])([2H])C([2H])([2H])N1CC([2H])([2H])N(C2=Nc3ccccc3Sc3ccccc32)C([2H])([2H])C1. The molecule has 142 valence electrons. The molecule has 2 aliphatic heterocycles. The molecule has 0 spiro atoms. The molecule has 2 aromatic carbocycles. The van der Waals surface area contributed by atoms with Crippen LogP contribution in [0.25, 0.3) is 0 Å². The minimum absolute atomic E-state index is 0.0241. The van der Waals surface area contributed by atoms with Gasteiger partial charge in [-0.25, -0.2) is 4.99 Å². The summed E-state index contributed by atoms with van der Waals surface area (Å²) in [4.78, 5) is 7.71.